The summed E-state index contributed by atoms with van der Waals surface area (Å²) in [4.78, 5) is 28.0. The Kier molecular flexibility index (Phi) is 9.38. The molecule has 4 nitrogen and oxygen atoms in total. The van der Waals surface area contributed by atoms with E-state index in [0.717, 1.165) is 35.1 Å². The Balaban J connectivity index is 2.28. The van der Waals surface area contributed by atoms with Crippen LogP contribution in [0.3, 0.4) is 0 Å². The molecule has 162 valence electrons. The summed E-state index contributed by atoms with van der Waals surface area (Å²) in [5, 5.41) is 3.64. The van der Waals surface area contributed by atoms with Gasteiger partial charge in [0.2, 0.25) is 11.8 Å². The van der Waals surface area contributed by atoms with Gasteiger partial charge in [0.1, 0.15) is 6.04 Å². The molecule has 2 rings (SSSR count). The molecule has 30 heavy (non-hydrogen) atoms. The van der Waals surface area contributed by atoms with Crippen molar-refractivity contribution in [1.29, 1.82) is 0 Å². The van der Waals surface area contributed by atoms with Crippen LogP contribution in [0.5, 0.6) is 0 Å². The van der Waals surface area contributed by atoms with Crippen LogP contribution in [0.15, 0.2) is 42.5 Å². The Labute approximate surface area is 185 Å². The van der Waals surface area contributed by atoms with Crippen molar-refractivity contribution in [3.8, 4) is 0 Å². The summed E-state index contributed by atoms with van der Waals surface area (Å²) in [6.07, 6.45) is 2.77. The van der Waals surface area contributed by atoms with E-state index in [1.165, 1.54) is 0 Å². The number of halogens is 1. The van der Waals surface area contributed by atoms with Gasteiger partial charge in [-0.25, -0.2) is 0 Å². The summed E-state index contributed by atoms with van der Waals surface area (Å²) in [6.45, 7) is 9.08. The fourth-order valence-electron chi connectivity index (χ4n) is 3.47. The molecule has 1 atom stereocenters. The highest BCUT2D eigenvalue weighted by atomic mass is 35.5. The number of carbonyl (C=O) groups is 2. The quantitative estimate of drug-likeness (QED) is 0.527. The first kappa shape index (κ1) is 23.9. The average Bonchev–Trinajstić information content (AvgIpc) is 2.72. The molecule has 0 unspecified atom stereocenters. The first-order valence-electron chi connectivity index (χ1n) is 10.7. The molecule has 0 bridgehead atoms. The molecular weight excluding hydrogens is 396 g/mol. The molecule has 0 spiro atoms. The summed E-state index contributed by atoms with van der Waals surface area (Å²) in [5.74, 6) is -0.134. The number of nitrogens with zero attached hydrogens (tertiary/aromatic N) is 1. The van der Waals surface area contributed by atoms with Crippen molar-refractivity contribution in [2.75, 3.05) is 6.54 Å². The molecule has 0 fully saturated rings. The van der Waals surface area contributed by atoms with Gasteiger partial charge in [-0.2, -0.15) is 0 Å². The van der Waals surface area contributed by atoms with Crippen molar-refractivity contribution in [2.45, 2.75) is 66.0 Å². The van der Waals surface area contributed by atoms with E-state index in [0.29, 0.717) is 24.5 Å². The highest BCUT2D eigenvalue weighted by Crippen LogP contribution is 2.18. The van der Waals surface area contributed by atoms with E-state index in [4.69, 9.17) is 11.6 Å². The maximum Gasteiger partial charge on any atom is 0.242 e. The lowest BCUT2D eigenvalue weighted by Crippen LogP contribution is -2.49. The van der Waals surface area contributed by atoms with Crippen molar-refractivity contribution in [2.24, 2.45) is 0 Å². The standard InChI is InChI=1S/C25H33ClN2O2/c1-5-7-14-27-25(30)23(6-2)28(17-20-10-12-22(26)13-11-20)24(29)16-21-15-18(3)8-9-19(21)4/h8-13,15,23H,5-7,14,16-17H2,1-4H3,(H,27,30)/t23-/m0/s1. The topological polar surface area (TPSA) is 49.4 Å². The van der Waals surface area contributed by atoms with Gasteiger partial charge < -0.3 is 10.2 Å². The number of unbranched alkanes of at least 4 members (excludes halogenated alkanes) is 1. The van der Waals surface area contributed by atoms with E-state index < -0.39 is 6.04 Å². The zero-order valence-corrected chi connectivity index (χ0v) is 19.3. The van der Waals surface area contributed by atoms with E-state index in [-0.39, 0.29) is 18.2 Å². The molecular formula is C25H33ClN2O2. The fourth-order valence-corrected chi connectivity index (χ4v) is 3.59. The second kappa shape index (κ2) is 11.8. The summed E-state index contributed by atoms with van der Waals surface area (Å²) in [6, 6.07) is 13.1. The van der Waals surface area contributed by atoms with Crippen LogP contribution in [-0.2, 0) is 22.6 Å². The lowest BCUT2D eigenvalue weighted by atomic mass is 10.0. The maximum atomic E-state index is 13.4. The number of aryl methyl sites for hydroxylation is 2. The maximum absolute atomic E-state index is 13.4. The predicted molar refractivity (Wildman–Crippen MR) is 124 cm³/mol. The Morgan fingerprint density at radius 3 is 2.40 bits per heavy atom. The van der Waals surface area contributed by atoms with Gasteiger partial charge in [0.05, 0.1) is 6.42 Å². The molecule has 0 heterocycles. The van der Waals surface area contributed by atoms with E-state index >= 15 is 0 Å². The van der Waals surface area contributed by atoms with Crippen LogP contribution in [0.2, 0.25) is 5.02 Å². The first-order valence-corrected chi connectivity index (χ1v) is 11.1. The molecule has 2 aromatic rings. The lowest BCUT2D eigenvalue weighted by Gasteiger charge is -2.31. The van der Waals surface area contributed by atoms with Crippen LogP contribution in [0, 0.1) is 13.8 Å². The Bertz CT molecular complexity index is 849. The SMILES string of the molecule is CCCCNC(=O)[C@H](CC)N(Cc1ccc(Cl)cc1)C(=O)Cc1cc(C)ccc1C. The number of nitrogens with one attached hydrogen (secondary N) is 1. The molecule has 2 aromatic carbocycles. The van der Waals surface area contributed by atoms with Crippen molar-refractivity contribution >= 4 is 23.4 Å². The summed E-state index contributed by atoms with van der Waals surface area (Å²) in [5.41, 5.74) is 4.16. The summed E-state index contributed by atoms with van der Waals surface area (Å²) in [7, 11) is 0. The van der Waals surface area contributed by atoms with Crippen molar-refractivity contribution in [3.63, 3.8) is 0 Å². The molecule has 0 aliphatic rings. The minimum Gasteiger partial charge on any atom is -0.354 e. The second-order valence-corrected chi connectivity index (χ2v) is 8.26. The predicted octanol–water partition coefficient (Wildman–Crippen LogP) is 5.22. The van der Waals surface area contributed by atoms with Gasteiger partial charge in [0.15, 0.2) is 0 Å². The van der Waals surface area contributed by atoms with Crippen LogP contribution >= 0.6 is 11.6 Å². The van der Waals surface area contributed by atoms with Gasteiger partial charge >= 0.3 is 0 Å². The van der Waals surface area contributed by atoms with Crippen LogP contribution in [-0.4, -0.2) is 29.3 Å². The molecule has 1 N–H and O–H groups in total. The number of hydrogen-bond acceptors (Lipinski definition) is 2. The molecule has 0 radical (unpaired) electrons. The molecule has 2 amide bonds. The van der Waals surface area contributed by atoms with E-state index in [9.17, 15) is 9.59 Å². The van der Waals surface area contributed by atoms with Crippen molar-refractivity contribution < 1.29 is 9.59 Å². The second-order valence-electron chi connectivity index (χ2n) is 7.82. The van der Waals surface area contributed by atoms with E-state index in [2.05, 4.69) is 18.3 Å². The minimum atomic E-state index is -0.504. The minimum absolute atomic E-state index is 0.0452. The average molecular weight is 429 g/mol. The first-order chi connectivity index (χ1) is 14.3. The van der Waals surface area contributed by atoms with Crippen LogP contribution in [0.4, 0.5) is 0 Å². The highest BCUT2D eigenvalue weighted by molar-refractivity contribution is 6.30. The monoisotopic (exact) mass is 428 g/mol. The third kappa shape index (κ3) is 6.88. The van der Waals surface area contributed by atoms with Gasteiger partial charge in [-0.15, -0.1) is 0 Å². The Morgan fingerprint density at radius 1 is 1.07 bits per heavy atom. The number of carbonyl (C=O) groups excluding carboxylic acids is 2. The van der Waals surface area contributed by atoms with Gasteiger partial charge in [0, 0.05) is 18.1 Å². The van der Waals surface area contributed by atoms with Gasteiger partial charge in [-0.3, -0.25) is 9.59 Å². The lowest BCUT2D eigenvalue weighted by molar-refractivity contribution is -0.140. The van der Waals surface area contributed by atoms with Crippen LogP contribution in [0.25, 0.3) is 0 Å². The summed E-state index contributed by atoms with van der Waals surface area (Å²) < 4.78 is 0. The van der Waals surface area contributed by atoms with E-state index in [1.54, 1.807) is 4.90 Å². The van der Waals surface area contributed by atoms with E-state index in [1.807, 2.05) is 57.2 Å². The largest absolute Gasteiger partial charge is 0.354 e. The highest BCUT2D eigenvalue weighted by Gasteiger charge is 2.28. The molecule has 0 aromatic heterocycles. The zero-order chi connectivity index (χ0) is 22.1. The van der Waals surface area contributed by atoms with Crippen molar-refractivity contribution in [1.82, 2.24) is 10.2 Å². The molecule has 5 heteroatoms. The van der Waals surface area contributed by atoms with Gasteiger partial charge in [0.25, 0.3) is 0 Å². The molecule has 0 aliphatic heterocycles. The fraction of sp³-hybridized carbons (Fsp3) is 0.440. The normalized spacial score (nSPS) is 11.8. The smallest absolute Gasteiger partial charge is 0.242 e. The Hall–Kier alpha value is -2.33. The number of hydrogen-bond donors (Lipinski definition) is 1. The number of amides is 2. The van der Waals surface area contributed by atoms with Crippen LogP contribution in [0.1, 0.15) is 55.4 Å². The zero-order valence-electron chi connectivity index (χ0n) is 18.5. The third-order valence-corrected chi connectivity index (χ3v) is 5.58. The molecule has 0 saturated carbocycles. The van der Waals surface area contributed by atoms with Gasteiger partial charge in [-0.05, 0) is 55.5 Å². The van der Waals surface area contributed by atoms with Gasteiger partial charge in [-0.1, -0.05) is 67.8 Å². The molecule has 0 aliphatic carbocycles. The van der Waals surface area contributed by atoms with Crippen LogP contribution < -0.4 is 5.32 Å². The molecule has 0 saturated heterocycles. The third-order valence-electron chi connectivity index (χ3n) is 5.33. The number of benzene rings is 2. The van der Waals surface area contributed by atoms with Crippen molar-refractivity contribution in [3.05, 3.63) is 69.7 Å². The number of rotatable bonds is 10. The summed E-state index contributed by atoms with van der Waals surface area (Å²) >= 11 is 6.02. The Morgan fingerprint density at radius 2 is 1.77 bits per heavy atom.